The third kappa shape index (κ3) is 3.44. The normalized spacial score (nSPS) is 24.4. The molecule has 0 bridgehead atoms. The van der Waals surface area contributed by atoms with E-state index in [0.29, 0.717) is 10.6 Å². The van der Waals surface area contributed by atoms with Crippen LogP contribution in [0.2, 0.25) is 5.02 Å². The molecule has 1 saturated carbocycles. The van der Waals surface area contributed by atoms with Gasteiger partial charge in [-0.05, 0) is 37.0 Å². The molecule has 2 unspecified atom stereocenters. The summed E-state index contributed by atoms with van der Waals surface area (Å²) in [4.78, 5) is 4.39. The number of amidine groups is 1. The van der Waals surface area contributed by atoms with Crippen molar-refractivity contribution in [1.82, 2.24) is 4.72 Å². The molecule has 1 fully saturated rings. The van der Waals surface area contributed by atoms with E-state index >= 15 is 0 Å². The molecule has 2 atom stereocenters. The molecule has 0 radical (unpaired) electrons. The lowest BCUT2D eigenvalue weighted by Gasteiger charge is -2.29. The van der Waals surface area contributed by atoms with Crippen LogP contribution in [0.5, 0.6) is 0 Å². The number of aliphatic hydroxyl groups is 2. The number of fused-ring (bicyclic) bond motifs is 1. The van der Waals surface area contributed by atoms with Gasteiger partial charge in [-0.2, -0.15) is 0 Å². The highest BCUT2D eigenvalue weighted by Crippen LogP contribution is 2.30. The Hall–Kier alpha value is -1.15. The molecule has 0 amide bonds. The molecule has 1 aromatic rings. The maximum Gasteiger partial charge on any atom is 0.263 e. The van der Waals surface area contributed by atoms with E-state index in [1.165, 1.54) is 6.07 Å². The van der Waals surface area contributed by atoms with E-state index in [0.717, 1.165) is 32.1 Å². The number of nitrogens with one attached hydrogen (secondary N) is 1. The third-order valence-corrected chi connectivity index (χ3v) is 6.34. The molecule has 0 saturated heterocycles. The third-order valence-electron chi connectivity index (χ3n) is 4.73. The molecule has 1 heterocycles. The predicted octanol–water partition coefficient (Wildman–Crippen LogP) is 1.68. The van der Waals surface area contributed by atoms with Crippen molar-refractivity contribution in [3.63, 3.8) is 0 Å². The topological polar surface area (TPSA) is 99.0 Å². The second-order valence-electron chi connectivity index (χ2n) is 6.36. The van der Waals surface area contributed by atoms with Gasteiger partial charge in [0.25, 0.3) is 10.0 Å². The monoisotopic (exact) mass is 372 g/mol. The van der Waals surface area contributed by atoms with E-state index < -0.39 is 22.2 Å². The SMILES string of the molecule is O=S1(=O)NC(=NC(CO)C(O)C2CCCCC2)c2ccc(Cl)cc21. The van der Waals surface area contributed by atoms with E-state index in [1.807, 2.05) is 0 Å². The number of sulfonamides is 1. The van der Waals surface area contributed by atoms with Gasteiger partial charge in [0, 0.05) is 10.6 Å². The smallest absolute Gasteiger partial charge is 0.263 e. The van der Waals surface area contributed by atoms with Crippen LogP contribution in [0.15, 0.2) is 28.1 Å². The van der Waals surface area contributed by atoms with Crippen molar-refractivity contribution in [2.75, 3.05) is 6.61 Å². The summed E-state index contributed by atoms with van der Waals surface area (Å²) >= 11 is 5.87. The van der Waals surface area contributed by atoms with E-state index in [2.05, 4.69) is 9.71 Å². The lowest BCUT2D eigenvalue weighted by Crippen LogP contribution is -2.37. The highest BCUT2D eigenvalue weighted by atomic mass is 35.5. The summed E-state index contributed by atoms with van der Waals surface area (Å²) in [5, 5.41) is 20.5. The first-order chi connectivity index (χ1) is 11.4. The van der Waals surface area contributed by atoms with Gasteiger partial charge in [-0.15, -0.1) is 0 Å². The van der Waals surface area contributed by atoms with Crippen LogP contribution in [0.1, 0.15) is 37.7 Å². The fourth-order valence-corrected chi connectivity index (χ4v) is 4.93. The first-order valence-electron chi connectivity index (χ1n) is 8.12. The van der Waals surface area contributed by atoms with E-state index in [4.69, 9.17) is 11.6 Å². The largest absolute Gasteiger partial charge is 0.394 e. The van der Waals surface area contributed by atoms with Crippen LogP contribution in [0.4, 0.5) is 0 Å². The van der Waals surface area contributed by atoms with E-state index in [-0.39, 0.29) is 23.3 Å². The zero-order valence-corrected chi connectivity index (χ0v) is 14.7. The Balaban J connectivity index is 1.90. The minimum atomic E-state index is -3.71. The predicted molar refractivity (Wildman–Crippen MR) is 91.8 cm³/mol. The summed E-state index contributed by atoms with van der Waals surface area (Å²) in [6.07, 6.45) is 4.30. The minimum absolute atomic E-state index is 0.0672. The highest BCUT2D eigenvalue weighted by molar-refractivity contribution is 7.90. The van der Waals surface area contributed by atoms with Gasteiger partial charge in [0.15, 0.2) is 0 Å². The maximum absolute atomic E-state index is 12.2. The molecular weight excluding hydrogens is 352 g/mol. The van der Waals surface area contributed by atoms with Crippen molar-refractivity contribution < 1.29 is 18.6 Å². The van der Waals surface area contributed by atoms with Crippen LogP contribution in [-0.4, -0.2) is 43.2 Å². The summed E-state index contributed by atoms with van der Waals surface area (Å²) in [6, 6.07) is 3.78. The Morgan fingerprint density at radius 2 is 2.00 bits per heavy atom. The van der Waals surface area contributed by atoms with E-state index in [1.54, 1.807) is 12.1 Å². The number of aliphatic hydroxyl groups excluding tert-OH is 2. The van der Waals surface area contributed by atoms with Gasteiger partial charge in [0.2, 0.25) is 0 Å². The van der Waals surface area contributed by atoms with Crippen LogP contribution in [0.25, 0.3) is 0 Å². The average molecular weight is 373 g/mol. The molecule has 8 heteroatoms. The Morgan fingerprint density at radius 3 is 2.67 bits per heavy atom. The summed E-state index contributed by atoms with van der Waals surface area (Å²) < 4.78 is 26.7. The van der Waals surface area contributed by atoms with Crippen LogP contribution in [0, 0.1) is 5.92 Å². The Labute approximate surface area is 146 Å². The average Bonchev–Trinajstić information content (AvgIpc) is 2.83. The van der Waals surface area contributed by atoms with Crippen molar-refractivity contribution in [2.45, 2.75) is 49.1 Å². The maximum atomic E-state index is 12.2. The fourth-order valence-electron chi connectivity index (χ4n) is 3.43. The van der Waals surface area contributed by atoms with Gasteiger partial charge in [0.1, 0.15) is 11.9 Å². The van der Waals surface area contributed by atoms with E-state index in [9.17, 15) is 18.6 Å². The Morgan fingerprint density at radius 1 is 1.29 bits per heavy atom. The molecule has 3 N–H and O–H groups in total. The zero-order valence-electron chi connectivity index (χ0n) is 13.2. The van der Waals surface area contributed by atoms with Crippen molar-refractivity contribution in [2.24, 2.45) is 10.9 Å². The lowest BCUT2D eigenvalue weighted by molar-refractivity contribution is 0.0436. The second-order valence-corrected chi connectivity index (χ2v) is 8.45. The first-order valence-corrected chi connectivity index (χ1v) is 9.98. The molecule has 1 aliphatic heterocycles. The standard InChI is InChI=1S/C16H21ClN2O4S/c17-11-6-7-12-14(8-11)24(22,23)19-16(12)18-13(9-20)15(21)10-4-2-1-3-5-10/h6-8,10,13,15,20-21H,1-5,9H2,(H,18,19). The van der Waals surface area contributed by atoms with Crippen molar-refractivity contribution >= 4 is 27.5 Å². The Kier molecular flexibility index (Phi) is 5.15. The first kappa shape index (κ1) is 17.7. The van der Waals surface area contributed by atoms with Crippen molar-refractivity contribution in [1.29, 1.82) is 0 Å². The number of nitrogens with zero attached hydrogens (tertiary/aromatic N) is 1. The fraction of sp³-hybridized carbons (Fsp3) is 0.562. The quantitative estimate of drug-likeness (QED) is 0.748. The molecular formula is C16H21ClN2O4S. The molecule has 1 aliphatic carbocycles. The van der Waals surface area contributed by atoms with Gasteiger partial charge in [-0.3, -0.25) is 9.71 Å². The summed E-state index contributed by atoms with van der Waals surface area (Å²) in [5.41, 5.74) is 0.411. The van der Waals surface area contributed by atoms with Gasteiger partial charge in [0.05, 0.1) is 17.6 Å². The van der Waals surface area contributed by atoms with Crippen molar-refractivity contribution in [3.05, 3.63) is 28.8 Å². The molecule has 0 aromatic heterocycles. The number of aliphatic imine (C=N–C) groups is 1. The number of hydrogen-bond donors (Lipinski definition) is 3. The number of benzene rings is 1. The van der Waals surface area contributed by atoms with Crippen LogP contribution < -0.4 is 4.72 Å². The number of halogens is 1. The van der Waals surface area contributed by atoms with Gasteiger partial charge in [-0.1, -0.05) is 30.9 Å². The number of rotatable bonds is 4. The number of hydrogen-bond acceptors (Lipinski definition) is 5. The van der Waals surface area contributed by atoms with Gasteiger partial charge in [-0.25, -0.2) is 8.42 Å². The van der Waals surface area contributed by atoms with Crippen LogP contribution in [0.3, 0.4) is 0 Å². The molecule has 132 valence electrons. The zero-order chi connectivity index (χ0) is 17.3. The molecule has 1 aromatic carbocycles. The Bertz CT molecular complexity index is 744. The van der Waals surface area contributed by atoms with Crippen LogP contribution >= 0.6 is 11.6 Å². The molecule has 2 aliphatic rings. The lowest BCUT2D eigenvalue weighted by atomic mass is 9.83. The van der Waals surface area contributed by atoms with Gasteiger partial charge < -0.3 is 10.2 Å². The molecule has 0 spiro atoms. The summed E-state index contributed by atoms with van der Waals surface area (Å²) in [7, 11) is -3.71. The minimum Gasteiger partial charge on any atom is -0.394 e. The molecule has 24 heavy (non-hydrogen) atoms. The molecule has 3 rings (SSSR count). The molecule has 6 nitrogen and oxygen atoms in total. The summed E-state index contributed by atoms with van der Waals surface area (Å²) in [5.74, 6) is 0.235. The highest BCUT2D eigenvalue weighted by Gasteiger charge is 2.34. The van der Waals surface area contributed by atoms with Gasteiger partial charge >= 0.3 is 0 Å². The van der Waals surface area contributed by atoms with Crippen molar-refractivity contribution in [3.8, 4) is 0 Å². The second kappa shape index (κ2) is 7.00. The van der Waals surface area contributed by atoms with Crippen LogP contribution in [-0.2, 0) is 10.0 Å². The summed E-state index contributed by atoms with van der Waals surface area (Å²) in [6.45, 7) is -0.341.